The summed E-state index contributed by atoms with van der Waals surface area (Å²) in [4.78, 5) is 26.9. The Bertz CT molecular complexity index is 712. The highest BCUT2D eigenvalue weighted by Gasteiger charge is 2.19. The molecule has 0 saturated heterocycles. The Morgan fingerprint density at radius 2 is 1.96 bits per heavy atom. The van der Waals surface area contributed by atoms with Crippen molar-refractivity contribution in [1.82, 2.24) is 14.9 Å². The van der Waals surface area contributed by atoms with Crippen LogP contribution in [0.4, 0.5) is 4.79 Å². The topological polar surface area (TPSA) is 90.0 Å². The van der Waals surface area contributed by atoms with Gasteiger partial charge in [0.1, 0.15) is 0 Å². The van der Waals surface area contributed by atoms with Crippen LogP contribution in [0, 0.1) is 0 Å². The number of imidazole rings is 1. The minimum absolute atomic E-state index is 0.363. The summed E-state index contributed by atoms with van der Waals surface area (Å²) < 4.78 is 1.95. The number of amides is 3. The molecule has 3 amide bonds. The van der Waals surface area contributed by atoms with Crippen molar-refractivity contribution in [1.29, 1.82) is 0 Å². The standard InChI is InChI=1S/C16H20N4O2S/c1-10(2)12-6-4-5-7-13(12)20-9-8-18-16(20)23-11(3)14(21)19-15(17)22/h4-11H,1-3H3,(H3,17,19,21,22)/t11-/m1/s1. The second-order valence-corrected chi connectivity index (χ2v) is 6.71. The van der Waals surface area contributed by atoms with Crippen molar-refractivity contribution in [2.75, 3.05) is 0 Å². The van der Waals surface area contributed by atoms with Crippen LogP contribution in [0.5, 0.6) is 0 Å². The van der Waals surface area contributed by atoms with E-state index in [0.29, 0.717) is 11.1 Å². The number of rotatable bonds is 5. The van der Waals surface area contributed by atoms with Gasteiger partial charge in [0.15, 0.2) is 5.16 Å². The molecule has 0 saturated carbocycles. The fraction of sp³-hybridized carbons (Fsp3) is 0.312. The summed E-state index contributed by atoms with van der Waals surface area (Å²) in [5, 5.41) is 2.28. The van der Waals surface area contributed by atoms with E-state index < -0.39 is 17.2 Å². The quantitative estimate of drug-likeness (QED) is 0.824. The number of hydrogen-bond donors (Lipinski definition) is 2. The van der Waals surface area contributed by atoms with Crippen LogP contribution >= 0.6 is 11.8 Å². The Labute approximate surface area is 139 Å². The molecule has 1 aromatic carbocycles. The van der Waals surface area contributed by atoms with Gasteiger partial charge in [0.05, 0.1) is 10.9 Å². The van der Waals surface area contributed by atoms with Gasteiger partial charge < -0.3 is 5.73 Å². The molecule has 7 heteroatoms. The number of aromatic nitrogens is 2. The highest BCUT2D eigenvalue weighted by Crippen LogP contribution is 2.29. The Kier molecular flexibility index (Phi) is 5.44. The Morgan fingerprint density at radius 3 is 2.61 bits per heavy atom. The first-order valence-corrected chi connectivity index (χ1v) is 8.17. The van der Waals surface area contributed by atoms with Crippen molar-refractivity contribution in [2.24, 2.45) is 5.73 Å². The fourth-order valence-corrected chi connectivity index (χ4v) is 3.07. The highest BCUT2D eigenvalue weighted by molar-refractivity contribution is 8.00. The van der Waals surface area contributed by atoms with Crippen molar-refractivity contribution in [3.05, 3.63) is 42.2 Å². The minimum Gasteiger partial charge on any atom is -0.351 e. The van der Waals surface area contributed by atoms with Crippen LogP contribution in [-0.2, 0) is 4.79 Å². The lowest BCUT2D eigenvalue weighted by Crippen LogP contribution is -2.39. The van der Waals surface area contributed by atoms with Gasteiger partial charge in [-0.15, -0.1) is 0 Å². The van der Waals surface area contributed by atoms with Crippen molar-refractivity contribution >= 4 is 23.7 Å². The predicted octanol–water partition coefficient (Wildman–Crippen LogP) is 2.67. The van der Waals surface area contributed by atoms with Crippen LogP contribution in [0.1, 0.15) is 32.3 Å². The van der Waals surface area contributed by atoms with Crippen LogP contribution in [0.25, 0.3) is 5.69 Å². The number of para-hydroxylation sites is 1. The third kappa shape index (κ3) is 4.13. The monoisotopic (exact) mass is 332 g/mol. The first kappa shape index (κ1) is 17.1. The summed E-state index contributed by atoms with van der Waals surface area (Å²) in [5.74, 6) is -0.0729. The van der Waals surface area contributed by atoms with Crippen LogP contribution in [-0.4, -0.2) is 26.7 Å². The molecule has 0 unspecified atom stereocenters. The largest absolute Gasteiger partial charge is 0.351 e. The van der Waals surface area contributed by atoms with Crippen molar-refractivity contribution in [3.8, 4) is 5.69 Å². The van der Waals surface area contributed by atoms with Crippen LogP contribution < -0.4 is 11.1 Å². The molecule has 2 aromatic rings. The molecule has 1 aromatic heterocycles. The van der Waals surface area contributed by atoms with Gasteiger partial charge in [0, 0.05) is 12.4 Å². The van der Waals surface area contributed by atoms with E-state index in [4.69, 9.17) is 5.73 Å². The van der Waals surface area contributed by atoms with Crippen LogP contribution in [0.3, 0.4) is 0 Å². The lowest BCUT2D eigenvalue weighted by atomic mass is 10.0. The maximum atomic E-state index is 11.8. The summed E-state index contributed by atoms with van der Waals surface area (Å²) in [6.07, 6.45) is 3.56. The molecule has 0 bridgehead atoms. The summed E-state index contributed by atoms with van der Waals surface area (Å²) in [6, 6.07) is 7.23. The number of carbonyl (C=O) groups excluding carboxylic acids is 2. The van der Waals surface area contributed by atoms with Crippen molar-refractivity contribution in [3.63, 3.8) is 0 Å². The number of nitrogens with one attached hydrogen (secondary N) is 1. The van der Waals surface area contributed by atoms with Crippen molar-refractivity contribution < 1.29 is 9.59 Å². The molecule has 0 aliphatic heterocycles. The highest BCUT2D eigenvalue weighted by atomic mass is 32.2. The molecule has 0 aliphatic rings. The number of nitrogens with zero attached hydrogens (tertiary/aromatic N) is 2. The number of benzene rings is 1. The molecule has 2 rings (SSSR count). The number of thioether (sulfide) groups is 1. The van der Waals surface area contributed by atoms with Gasteiger partial charge in [0.2, 0.25) is 5.91 Å². The average molecular weight is 332 g/mol. The van der Waals surface area contributed by atoms with Gasteiger partial charge in [-0.3, -0.25) is 14.7 Å². The minimum atomic E-state index is -0.851. The van der Waals surface area contributed by atoms with E-state index in [-0.39, 0.29) is 0 Å². The Morgan fingerprint density at radius 1 is 1.26 bits per heavy atom. The molecule has 0 radical (unpaired) electrons. The van der Waals surface area contributed by atoms with E-state index >= 15 is 0 Å². The Hall–Kier alpha value is -2.28. The molecule has 23 heavy (non-hydrogen) atoms. The second-order valence-electron chi connectivity index (χ2n) is 5.41. The van der Waals surface area contributed by atoms with Gasteiger partial charge in [-0.2, -0.15) is 0 Å². The van der Waals surface area contributed by atoms with Crippen LogP contribution in [0.2, 0.25) is 0 Å². The molecule has 1 heterocycles. The van der Waals surface area contributed by atoms with Gasteiger partial charge >= 0.3 is 6.03 Å². The summed E-state index contributed by atoms with van der Waals surface area (Å²) in [5.41, 5.74) is 7.21. The summed E-state index contributed by atoms with van der Waals surface area (Å²) >= 11 is 1.27. The summed E-state index contributed by atoms with van der Waals surface area (Å²) in [6.45, 7) is 5.97. The zero-order valence-electron chi connectivity index (χ0n) is 13.3. The Balaban J connectivity index is 2.27. The average Bonchev–Trinajstić information content (AvgIpc) is 2.94. The van der Waals surface area contributed by atoms with Crippen LogP contribution in [0.15, 0.2) is 41.8 Å². The number of nitrogens with two attached hydrogens (primary N) is 1. The molecule has 122 valence electrons. The van der Waals surface area contributed by atoms with E-state index in [1.165, 1.54) is 17.3 Å². The molecular formula is C16H20N4O2S. The zero-order valence-corrected chi connectivity index (χ0v) is 14.1. The smallest absolute Gasteiger partial charge is 0.318 e. The van der Waals surface area contributed by atoms with E-state index in [1.807, 2.05) is 29.0 Å². The molecule has 3 N–H and O–H groups in total. The van der Waals surface area contributed by atoms with E-state index in [9.17, 15) is 9.59 Å². The van der Waals surface area contributed by atoms with E-state index in [0.717, 1.165) is 5.69 Å². The van der Waals surface area contributed by atoms with Gasteiger partial charge in [-0.05, 0) is 24.5 Å². The number of hydrogen-bond acceptors (Lipinski definition) is 4. The van der Waals surface area contributed by atoms with Gasteiger partial charge in [0.25, 0.3) is 0 Å². The SMILES string of the molecule is CC(C)c1ccccc1-n1ccnc1S[C@H](C)C(=O)NC(N)=O. The maximum Gasteiger partial charge on any atom is 0.318 e. The third-order valence-electron chi connectivity index (χ3n) is 3.32. The fourth-order valence-electron chi connectivity index (χ4n) is 2.19. The third-order valence-corrected chi connectivity index (χ3v) is 4.40. The first-order valence-electron chi connectivity index (χ1n) is 7.29. The lowest BCUT2D eigenvalue weighted by molar-refractivity contribution is -0.119. The van der Waals surface area contributed by atoms with Gasteiger partial charge in [-0.25, -0.2) is 9.78 Å². The lowest BCUT2D eigenvalue weighted by Gasteiger charge is -2.16. The zero-order chi connectivity index (χ0) is 17.0. The molecular weight excluding hydrogens is 312 g/mol. The number of carbonyl (C=O) groups is 2. The molecule has 1 atom stereocenters. The number of imide groups is 1. The molecule has 0 aliphatic carbocycles. The molecule has 6 nitrogen and oxygen atoms in total. The maximum absolute atomic E-state index is 11.8. The first-order chi connectivity index (χ1) is 10.9. The number of urea groups is 1. The summed E-state index contributed by atoms with van der Waals surface area (Å²) in [7, 11) is 0. The second kappa shape index (κ2) is 7.32. The normalized spacial score (nSPS) is 12.2. The number of primary amides is 1. The predicted molar refractivity (Wildman–Crippen MR) is 90.7 cm³/mol. The molecule has 0 spiro atoms. The van der Waals surface area contributed by atoms with E-state index in [1.54, 1.807) is 13.1 Å². The van der Waals surface area contributed by atoms with Gasteiger partial charge in [-0.1, -0.05) is 43.8 Å². The van der Waals surface area contributed by atoms with E-state index in [2.05, 4.69) is 30.2 Å². The van der Waals surface area contributed by atoms with Crippen molar-refractivity contribution in [2.45, 2.75) is 37.1 Å². The molecule has 0 fully saturated rings.